The maximum Gasteiger partial charge on any atom is 0.314 e. The number of anilines is 3. The number of ether oxygens (including phenoxy) is 2. The summed E-state index contributed by atoms with van der Waals surface area (Å²) in [5, 5.41) is 5.35. The molecule has 0 aliphatic rings. The van der Waals surface area contributed by atoms with Gasteiger partial charge >= 0.3 is 11.8 Å². The standard InChI is InChI=1S/C16H15Cl2N3O4/c1-24-13-7-12(14(25-2)6-10(13)18)21-16(23)15(22)20-11-4-3-8(19)5-9(11)17/h3-7H,19H2,1-2H3,(H,20,22)(H,21,23). The number of methoxy groups -OCH3 is 2. The quantitative estimate of drug-likeness (QED) is 0.555. The van der Waals surface area contributed by atoms with Crippen LogP contribution in [0.2, 0.25) is 10.0 Å². The molecule has 7 nitrogen and oxygen atoms in total. The van der Waals surface area contributed by atoms with Crippen molar-refractivity contribution in [2.75, 3.05) is 30.6 Å². The molecular formula is C16H15Cl2N3O4. The van der Waals surface area contributed by atoms with Crippen LogP contribution < -0.4 is 25.8 Å². The van der Waals surface area contributed by atoms with E-state index in [0.717, 1.165) is 0 Å². The first-order chi connectivity index (χ1) is 11.8. The molecule has 2 amide bonds. The van der Waals surface area contributed by atoms with Gasteiger partial charge in [0.15, 0.2) is 0 Å². The van der Waals surface area contributed by atoms with Gasteiger partial charge in [-0.05, 0) is 18.2 Å². The summed E-state index contributed by atoms with van der Waals surface area (Å²) in [5.41, 5.74) is 6.50. The molecule has 2 rings (SSSR count). The van der Waals surface area contributed by atoms with Crippen molar-refractivity contribution in [3.63, 3.8) is 0 Å². The Morgan fingerprint density at radius 2 is 1.48 bits per heavy atom. The molecule has 0 aliphatic heterocycles. The molecule has 4 N–H and O–H groups in total. The van der Waals surface area contributed by atoms with E-state index in [1.54, 1.807) is 6.07 Å². The summed E-state index contributed by atoms with van der Waals surface area (Å²) in [7, 11) is 2.83. The van der Waals surface area contributed by atoms with E-state index in [2.05, 4.69) is 10.6 Å². The zero-order chi connectivity index (χ0) is 18.6. The molecule has 0 spiro atoms. The van der Waals surface area contributed by atoms with Crippen LogP contribution in [0.5, 0.6) is 11.5 Å². The van der Waals surface area contributed by atoms with Gasteiger partial charge in [-0.15, -0.1) is 0 Å². The minimum Gasteiger partial charge on any atom is -0.495 e. The first-order valence-electron chi connectivity index (χ1n) is 6.94. The van der Waals surface area contributed by atoms with Gasteiger partial charge in [-0.1, -0.05) is 23.2 Å². The number of nitrogen functional groups attached to an aromatic ring is 1. The molecule has 0 saturated heterocycles. The lowest BCUT2D eigenvalue weighted by Crippen LogP contribution is -2.29. The zero-order valence-corrected chi connectivity index (χ0v) is 14.9. The lowest BCUT2D eigenvalue weighted by Gasteiger charge is -2.13. The fourth-order valence-electron chi connectivity index (χ4n) is 1.95. The summed E-state index contributed by atoms with van der Waals surface area (Å²) in [6, 6.07) is 7.41. The van der Waals surface area contributed by atoms with Gasteiger partial charge in [-0.3, -0.25) is 9.59 Å². The van der Waals surface area contributed by atoms with Crippen molar-refractivity contribution in [3.05, 3.63) is 40.4 Å². The Balaban J connectivity index is 2.17. The number of amides is 2. The van der Waals surface area contributed by atoms with Gasteiger partial charge in [0.2, 0.25) is 0 Å². The van der Waals surface area contributed by atoms with Gasteiger partial charge < -0.3 is 25.8 Å². The van der Waals surface area contributed by atoms with Crippen LogP contribution in [0.25, 0.3) is 0 Å². The average Bonchev–Trinajstić information content (AvgIpc) is 2.58. The Bertz CT molecular complexity index is 827. The maximum atomic E-state index is 12.1. The maximum absolute atomic E-state index is 12.1. The van der Waals surface area contributed by atoms with Gasteiger partial charge in [0, 0.05) is 17.8 Å². The fourth-order valence-corrected chi connectivity index (χ4v) is 2.42. The largest absolute Gasteiger partial charge is 0.495 e. The molecule has 25 heavy (non-hydrogen) atoms. The molecule has 0 saturated carbocycles. The van der Waals surface area contributed by atoms with Crippen molar-refractivity contribution in [1.82, 2.24) is 0 Å². The van der Waals surface area contributed by atoms with Gasteiger partial charge in [0.05, 0.1) is 35.6 Å². The van der Waals surface area contributed by atoms with Crippen LogP contribution in [0.4, 0.5) is 17.1 Å². The van der Waals surface area contributed by atoms with E-state index in [-0.39, 0.29) is 22.1 Å². The van der Waals surface area contributed by atoms with Crippen LogP contribution in [0.3, 0.4) is 0 Å². The molecule has 2 aromatic rings. The SMILES string of the molecule is COc1cc(NC(=O)C(=O)Nc2ccc(N)cc2Cl)c(OC)cc1Cl. The van der Waals surface area contributed by atoms with Crippen LogP contribution >= 0.6 is 23.2 Å². The molecule has 0 radical (unpaired) electrons. The van der Waals surface area contributed by atoms with E-state index in [1.807, 2.05) is 0 Å². The molecule has 0 fully saturated rings. The Hall–Kier alpha value is -2.64. The van der Waals surface area contributed by atoms with Gasteiger partial charge in [0.1, 0.15) is 11.5 Å². The topological polar surface area (TPSA) is 103 Å². The first-order valence-corrected chi connectivity index (χ1v) is 7.70. The van der Waals surface area contributed by atoms with E-state index < -0.39 is 11.8 Å². The third kappa shape index (κ3) is 4.46. The first kappa shape index (κ1) is 18.7. The number of carbonyl (C=O) groups is 2. The minimum absolute atomic E-state index is 0.215. The number of nitrogens with two attached hydrogens (primary N) is 1. The highest BCUT2D eigenvalue weighted by molar-refractivity contribution is 6.45. The number of nitrogens with one attached hydrogen (secondary N) is 2. The van der Waals surface area contributed by atoms with Crippen molar-refractivity contribution in [2.24, 2.45) is 0 Å². The molecule has 0 unspecified atom stereocenters. The van der Waals surface area contributed by atoms with Crippen LogP contribution in [-0.4, -0.2) is 26.0 Å². The fraction of sp³-hybridized carbons (Fsp3) is 0.125. The van der Waals surface area contributed by atoms with Crippen LogP contribution in [0, 0.1) is 0 Å². The normalized spacial score (nSPS) is 10.1. The average molecular weight is 384 g/mol. The van der Waals surface area contributed by atoms with Crippen LogP contribution in [0.15, 0.2) is 30.3 Å². The second kappa shape index (κ2) is 7.96. The molecule has 0 aliphatic carbocycles. The van der Waals surface area contributed by atoms with Crippen molar-refractivity contribution >= 4 is 52.1 Å². The summed E-state index contributed by atoms with van der Waals surface area (Å²) in [6.07, 6.45) is 0. The van der Waals surface area contributed by atoms with Crippen molar-refractivity contribution in [1.29, 1.82) is 0 Å². The van der Waals surface area contributed by atoms with Gasteiger partial charge in [-0.2, -0.15) is 0 Å². The summed E-state index contributed by atoms with van der Waals surface area (Å²) in [6.45, 7) is 0. The predicted molar refractivity (Wildman–Crippen MR) is 97.7 cm³/mol. The lowest BCUT2D eigenvalue weighted by molar-refractivity contribution is -0.133. The Morgan fingerprint density at radius 3 is 2.04 bits per heavy atom. The highest BCUT2D eigenvalue weighted by atomic mass is 35.5. The molecule has 0 heterocycles. The molecule has 0 aromatic heterocycles. The van der Waals surface area contributed by atoms with Gasteiger partial charge in [0.25, 0.3) is 0 Å². The minimum atomic E-state index is -0.921. The Morgan fingerprint density at radius 1 is 0.880 bits per heavy atom. The van der Waals surface area contributed by atoms with Gasteiger partial charge in [-0.25, -0.2) is 0 Å². The molecule has 9 heteroatoms. The van der Waals surface area contributed by atoms with Crippen LogP contribution in [-0.2, 0) is 9.59 Å². The summed E-state index contributed by atoms with van der Waals surface area (Å²) < 4.78 is 10.2. The van der Waals surface area contributed by atoms with E-state index in [4.69, 9.17) is 38.4 Å². The molecular weight excluding hydrogens is 369 g/mol. The van der Waals surface area contributed by atoms with Crippen molar-refractivity contribution < 1.29 is 19.1 Å². The number of carbonyl (C=O) groups excluding carboxylic acids is 2. The van der Waals surface area contributed by atoms with Crippen molar-refractivity contribution in [2.45, 2.75) is 0 Å². The molecule has 132 valence electrons. The molecule has 2 aromatic carbocycles. The third-order valence-electron chi connectivity index (χ3n) is 3.17. The smallest absolute Gasteiger partial charge is 0.314 e. The van der Waals surface area contributed by atoms with Crippen molar-refractivity contribution in [3.8, 4) is 11.5 Å². The van der Waals surface area contributed by atoms with E-state index in [1.165, 1.54) is 38.5 Å². The summed E-state index contributed by atoms with van der Waals surface area (Å²) in [5.74, 6) is -1.24. The number of hydrogen-bond acceptors (Lipinski definition) is 5. The Labute approximate surface area is 154 Å². The highest BCUT2D eigenvalue weighted by Gasteiger charge is 2.19. The van der Waals surface area contributed by atoms with E-state index in [0.29, 0.717) is 16.5 Å². The van der Waals surface area contributed by atoms with E-state index >= 15 is 0 Å². The zero-order valence-electron chi connectivity index (χ0n) is 13.4. The Kier molecular flexibility index (Phi) is 5.95. The second-order valence-corrected chi connectivity index (χ2v) is 5.65. The lowest BCUT2D eigenvalue weighted by atomic mass is 10.2. The monoisotopic (exact) mass is 383 g/mol. The second-order valence-electron chi connectivity index (χ2n) is 4.83. The summed E-state index contributed by atoms with van der Waals surface area (Å²) in [4.78, 5) is 24.2. The number of rotatable bonds is 4. The molecule has 0 atom stereocenters. The molecule has 0 bridgehead atoms. The summed E-state index contributed by atoms with van der Waals surface area (Å²) >= 11 is 12.0. The predicted octanol–water partition coefficient (Wildman–Crippen LogP) is 3.17. The highest BCUT2D eigenvalue weighted by Crippen LogP contribution is 2.35. The van der Waals surface area contributed by atoms with Crippen LogP contribution in [0.1, 0.15) is 0 Å². The number of halogens is 2. The number of benzene rings is 2. The van der Waals surface area contributed by atoms with E-state index in [9.17, 15) is 9.59 Å². The number of hydrogen-bond donors (Lipinski definition) is 3. The third-order valence-corrected chi connectivity index (χ3v) is 3.78.